The highest BCUT2D eigenvalue weighted by molar-refractivity contribution is 6.33. The fraction of sp³-hybridized carbons (Fsp3) is 0.533. The number of hydrogen-bond acceptors (Lipinski definition) is 4. The molecule has 1 aromatic carbocycles. The van der Waals surface area contributed by atoms with Crippen molar-refractivity contribution in [3.63, 3.8) is 0 Å². The van der Waals surface area contributed by atoms with E-state index in [-0.39, 0.29) is 5.91 Å². The number of amides is 1. The number of hydrogen-bond donors (Lipinski definition) is 2. The fourth-order valence-electron chi connectivity index (χ4n) is 3.24. The number of nitrogens with zero attached hydrogens (tertiary/aromatic N) is 2. The maximum atomic E-state index is 11.6. The summed E-state index contributed by atoms with van der Waals surface area (Å²) in [4.78, 5) is 16.0. The van der Waals surface area contributed by atoms with Gasteiger partial charge in [-0.25, -0.2) is 0 Å². The van der Waals surface area contributed by atoms with Gasteiger partial charge >= 0.3 is 0 Å². The molecule has 2 aliphatic rings. The van der Waals surface area contributed by atoms with Crippen LogP contribution < -0.4 is 10.2 Å². The molecule has 0 radical (unpaired) electrons. The van der Waals surface area contributed by atoms with Crippen molar-refractivity contribution in [2.45, 2.75) is 25.0 Å². The lowest BCUT2D eigenvalue weighted by molar-refractivity contribution is -0.123. The van der Waals surface area contributed by atoms with Gasteiger partial charge in [0.1, 0.15) is 0 Å². The molecule has 5 nitrogen and oxygen atoms in total. The van der Waals surface area contributed by atoms with E-state index in [0.717, 1.165) is 31.6 Å². The number of rotatable bonds is 3. The van der Waals surface area contributed by atoms with Crippen LogP contribution in [0.5, 0.6) is 0 Å². The molecule has 6 heteroatoms. The average molecular weight is 310 g/mol. The molecule has 2 atom stereocenters. The molecule has 2 heterocycles. The maximum Gasteiger partial charge on any atom is 0.257 e. The molecule has 114 valence electrons. The van der Waals surface area contributed by atoms with Crippen LogP contribution in [-0.2, 0) is 4.79 Å². The first-order valence-corrected chi connectivity index (χ1v) is 7.59. The molecule has 0 spiro atoms. The first kappa shape index (κ1) is 14.6. The summed E-state index contributed by atoms with van der Waals surface area (Å²) in [6, 6.07) is 4.03. The fourth-order valence-corrected chi connectivity index (χ4v) is 3.52. The Bertz CT molecular complexity index is 576. The third-order valence-corrected chi connectivity index (χ3v) is 4.48. The molecular formula is C15H20ClN3O2. The molecule has 1 saturated heterocycles. The minimum atomic E-state index is -1.11. The van der Waals surface area contributed by atoms with Gasteiger partial charge in [-0.15, -0.1) is 0 Å². The Morgan fingerprint density at radius 2 is 2.24 bits per heavy atom. The molecule has 21 heavy (non-hydrogen) atoms. The molecule has 3 rings (SSSR count). The molecule has 1 fully saturated rings. The maximum absolute atomic E-state index is 11.6. The Morgan fingerprint density at radius 1 is 1.48 bits per heavy atom. The van der Waals surface area contributed by atoms with Gasteiger partial charge in [0.15, 0.2) is 6.10 Å². The van der Waals surface area contributed by atoms with Crippen LogP contribution in [0.3, 0.4) is 0 Å². The van der Waals surface area contributed by atoms with Gasteiger partial charge in [0, 0.05) is 30.4 Å². The summed E-state index contributed by atoms with van der Waals surface area (Å²) < 4.78 is 0. The molecule has 1 aromatic rings. The van der Waals surface area contributed by atoms with E-state index in [4.69, 9.17) is 11.6 Å². The van der Waals surface area contributed by atoms with Crippen LogP contribution in [0.4, 0.5) is 11.4 Å². The van der Waals surface area contributed by atoms with Gasteiger partial charge in [-0.05, 0) is 39.1 Å². The zero-order valence-electron chi connectivity index (χ0n) is 12.3. The predicted octanol–water partition coefficient (Wildman–Crippen LogP) is 1.86. The van der Waals surface area contributed by atoms with E-state index in [1.165, 1.54) is 0 Å². The number of aliphatic hydroxyl groups excluding tert-OH is 1. The number of fused-ring (bicyclic) bond motifs is 1. The Morgan fingerprint density at radius 3 is 2.95 bits per heavy atom. The molecule has 1 amide bonds. The number of carbonyl (C=O) groups is 1. The lowest BCUT2D eigenvalue weighted by Crippen LogP contribution is -2.37. The number of aliphatic hydroxyl groups is 1. The molecule has 0 aromatic heterocycles. The van der Waals surface area contributed by atoms with Crippen molar-refractivity contribution in [3.8, 4) is 0 Å². The number of benzene rings is 1. The molecule has 0 bridgehead atoms. The molecule has 0 aliphatic carbocycles. The van der Waals surface area contributed by atoms with Crippen LogP contribution in [0.2, 0.25) is 5.02 Å². The second kappa shape index (κ2) is 5.48. The SMILES string of the molecule is CN(C)CC1CCCN1c1cc2c(cc1Cl)C(O)C(=O)N2. The summed E-state index contributed by atoms with van der Waals surface area (Å²) in [5.41, 5.74) is 2.17. The van der Waals surface area contributed by atoms with Crippen molar-refractivity contribution in [3.05, 3.63) is 22.7 Å². The molecule has 2 N–H and O–H groups in total. The summed E-state index contributed by atoms with van der Waals surface area (Å²) in [6.45, 7) is 1.94. The van der Waals surface area contributed by atoms with Gasteiger partial charge in [0.2, 0.25) is 0 Å². The minimum absolute atomic E-state index is 0.385. The highest BCUT2D eigenvalue weighted by Crippen LogP contribution is 2.40. The summed E-state index contributed by atoms with van der Waals surface area (Å²) in [6.07, 6.45) is 1.17. The largest absolute Gasteiger partial charge is 0.378 e. The van der Waals surface area contributed by atoms with E-state index in [9.17, 15) is 9.90 Å². The lowest BCUT2D eigenvalue weighted by Gasteiger charge is -2.30. The second-order valence-corrected chi connectivity index (χ2v) is 6.44. The van der Waals surface area contributed by atoms with Gasteiger partial charge in [-0.2, -0.15) is 0 Å². The Kier molecular flexibility index (Phi) is 3.82. The smallest absolute Gasteiger partial charge is 0.257 e. The van der Waals surface area contributed by atoms with Gasteiger partial charge in [-0.3, -0.25) is 4.79 Å². The van der Waals surface area contributed by atoms with Gasteiger partial charge in [0.05, 0.1) is 10.7 Å². The van der Waals surface area contributed by atoms with Crippen molar-refractivity contribution in [1.82, 2.24) is 4.90 Å². The minimum Gasteiger partial charge on any atom is -0.378 e. The molecular weight excluding hydrogens is 290 g/mol. The zero-order chi connectivity index (χ0) is 15.1. The van der Waals surface area contributed by atoms with Crippen LogP contribution in [0.15, 0.2) is 12.1 Å². The third kappa shape index (κ3) is 2.61. The van der Waals surface area contributed by atoms with Crippen LogP contribution >= 0.6 is 11.6 Å². The quantitative estimate of drug-likeness (QED) is 0.895. The normalized spacial score (nSPS) is 24.6. The first-order valence-electron chi connectivity index (χ1n) is 7.21. The van der Waals surface area contributed by atoms with E-state index in [2.05, 4.69) is 29.2 Å². The molecule has 2 unspecified atom stereocenters. The summed E-state index contributed by atoms with van der Waals surface area (Å²) >= 11 is 6.40. The van der Waals surface area contributed by atoms with Crippen LogP contribution in [0, 0.1) is 0 Å². The van der Waals surface area contributed by atoms with Crippen molar-refractivity contribution < 1.29 is 9.90 Å². The Balaban J connectivity index is 1.93. The van der Waals surface area contributed by atoms with Crippen LogP contribution in [0.1, 0.15) is 24.5 Å². The average Bonchev–Trinajstić information content (AvgIpc) is 2.96. The topological polar surface area (TPSA) is 55.8 Å². The number of anilines is 2. The van der Waals surface area contributed by atoms with Gasteiger partial charge in [-0.1, -0.05) is 11.6 Å². The summed E-state index contributed by atoms with van der Waals surface area (Å²) in [5, 5.41) is 13.1. The zero-order valence-corrected chi connectivity index (χ0v) is 13.0. The highest BCUT2D eigenvalue weighted by atomic mass is 35.5. The monoisotopic (exact) mass is 309 g/mol. The number of likely N-dealkylation sites (N-methyl/N-ethyl adjacent to an activating group) is 1. The summed E-state index contributed by atoms with van der Waals surface area (Å²) in [7, 11) is 4.13. The number of nitrogens with one attached hydrogen (secondary N) is 1. The highest BCUT2D eigenvalue weighted by Gasteiger charge is 2.32. The predicted molar refractivity (Wildman–Crippen MR) is 84.0 cm³/mol. The number of halogens is 1. The van der Waals surface area contributed by atoms with Gasteiger partial charge in [0.25, 0.3) is 5.91 Å². The Labute approximate surface area is 129 Å². The Hall–Kier alpha value is -1.30. The van der Waals surface area contributed by atoms with Crippen molar-refractivity contribution >= 4 is 28.9 Å². The van der Waals surface area contributed by atoms with Crippen molar-refractivity contribution in [2.75, 3.05) is 37.4 Å². The molecule has 0 saturated carbocycles. The van der Waals surface area contributed by atoms with E-state index in [0.29, 0.717) is 22.3 Å². The van der Waals surface area contributed by atoms with Crippen LogP contribution in [-0.4, -0.2) is 49.1 Å². The van der Waals surface area contributed by atoms with E-state index >= 15 is 0 Å². The lowest BCUT2D eigenvalue weighted by atomic mass is 10.1. The third-order valence-electron chi connectivity index (χ3n) is 4.18. The van der Waals surface area contributed by atoms with Crippen molar-refractivity contribution in [1.29, 1.82) is 0 Å². The standard InChI is InChI=1S/C15H20ClN3O2/c1-18(2)8-9-4-3-5-19(9)13-7-12-10(6-11(13)16)14(20)15(21)17-12/h6-7,9,14,20H,3-5,8H2,1-2H3,(H,17,21). The van der Waals surface area contributed by atoms with Crippen molar-refractivity contribution in [2.24, 2.45) is 0 Å². The molecule has 2 aliphatic heterocycles. The van der Waals surface area contributed by atoms with E-state index < -0.39 is 6.10 Å². The van der Waals surface area contributed by atoms with Crippen LogP contribution in [0.25, 0.3) is 0 Å². The number of carbonyl (C=O) groups excluding carboxylic acids is 1. The second-order valence-electron chi connectivity index (χ2n) is 6.03. The van der Waals surface area contributed by atoms with E-state index in [1.807, 2.05) is 6.07 Å². The first-order chi connectivity index (χ1) is 9.97. The summed E-state index contributed by atoms with van der Waals surface area (Å²) in [5.74, 6) is -0.385. The van der Waals surface area contributed by atoms with Gasteiger partial charge < -0.3 is 20.2 Å². The van der Waals surface area contributed by atoms with E-state index in [1.54, 1.807) is 6.07 Å².